The van der Waals surface area contributed by atoms with Gasteiger partial charge >= 0.3 is 5.97 Å². The van der Waals surface area contributed by atoms with Gasteiger partial charge in [-0.1, -0.05) is 39.0 Å². The number of aliphatic carboxylic acids is 1. The van der Waals surface area contributed by atoms with E-state index in [1.165, 1.54) is 6.07 Å². The van der Waals surface area contributed by atoms with Crippen LogP contribution in [0.1, 0.15) is 37.5 Å². The third-order valence-corrected chi connectivity index (χ3v) is 6.13. The number of halogens is 1. The Bertz CT molecular complexity index is 967. The second-order valence-electron chi connectivity index (χ2n) is 7.84. The molecule has 0 amide bonds. The summed E-state index contributed by atoms with van der Waals surface area (Å²) in [6.45, 7) is 6.63. The molecule has 1 aliphatic rings. The minimum Gasteiger partial charge on any atom is -0.480 e. The summed E-state index contributed by atoms with van der Waals surface area (Å²) in [5, 5.41) is 12.0. The molecule has 152 valence electrons. The zero-order valence-corrected chi connectivity index (χ0v) is 17.7. The van der Waals surface area contributed by atoms with Crippen molar-refractivity contribution in [1.29, 1.82) is 0 Å². The van der Waals surface area contributed by atoms with Gasteiger partial charge in [0.25, 0.3) is 10.0 Å². The molecule has 28 heavy (non-hydrogen) atoms. The first-order valence-corrected chi connectivity index (χ1v) is 10.3. The lowest BCUT2D eigenvalue weighted by molar-refractivity contribution is -0.139. The van der Waals surface area contributed by atoms with Crippen LogP contribution in [0, 0.1) is 0 Å². The molecule has 2 aromatic carbocycles. The Morgan fingerprint density at radius 3 is 2.32 bits per heavy atom. The van der Waals surface area contributed by atoms with Gasteiger partial charge in [0.15, 0.2) is 0 Å². The number of benzene rings is 2. The van der Waals surface area contributed by atoms with E-state index in [0.717, 1.165) is 16.7 Å². The quantitative estimate of drug-likeness (QED) is 0.699. The largest absolute Gasteiger partial charge is 0.480 e. The van der Waals surface area contributed by atoms with Gasteiger partial charge < -0.3 is 10.4 Å². The summed E-state index contributed by atoms with van der Waals surface area (Å²) >= 11 is 0. The summed E-state index contributed by atoms with van der Waals surface area (Å²) in [5.41, 5.74) is 3.28. The molecule has 2 aromatic rings. The first-order valence-electron chi connectivity index (χ1n) is 8.77. The van der Waals surface area contributed by atoms with Crippen LogP contribution in [0.25, 0.3) is 0 Å². The highest BCUT2D eigenvalue weighted by Gasteiger charge is 2.25. The van der Waals surface area contributed by atoms with Gasteiger partial charge in [-0.05, 0) is 52.8 Å². The summed E-state index contributed by atoms with van der Waals surface area (Å²) in [7, 11) is -3.72. The Morgan fingerprint density at radius 1 is 1.11 bits per heavy atom. The third-order valence-electron chi connectivity index (χ3n) is 4.75. The lowest BCUT2D eigenvalue weighted by Crippen LogP contribution is -2.41. The minimum atomic E-state index is -3.72. The van der Waals surface area contributed by atoms with Crippen LogP contribution < -0.4 is 10.0 Å². The van der Waals surface area contributed by atoms with E-state index in [9.17, 15) is 13.2 Å². The molecule has 1 atom stereocenters. The molecule has 3 rings (SSSR count). The van der Waals surface area contributed by atoms with Crippen LogP contribution in [-0.2, 0) is 33.2 Å². The maximum absolute atomic E-state index is 12.7. The van der Waals surface area contributed by atoms with Crippen molar-refractivity contribution in [2.45, 2.75) is 50.1 Å². The smallest absolute Gasteiger partial charge is 0.321 e. The number of fused-ring (bicyclic) bond motifs is 1. The van der Waals surface area contributed by atoms with Gasteiger partial charge in [0.1, 0.15) is 6.04 Å². The average molecular weight is 425 g/mol. The van der Waals surface area contributed by atoms with Crippen molar-refractivity contribution in [1.82, 2.24) is 5.32 Å². The average Bonchev–Trinajstić information content (AvgIpc) is 2.60. The van der Waals surface area contributed by atoms with Crippen LogP contribution in [-0.4, -0.2) is 25.5 Å². The number of hydrogen-bond acceptors (Lipinski definition) is 4. The number of hydrogen-bond donors (Lipinski definition) is 3. The molecule has 0 unspecified atom stereocenters. The summed E-state index contributed by atoms with van der Waals surface area (Å²) in [6.07, 6.45) is 0.340. The van der Waals surface area contributed by atoms with Crippen molar-refractivity contribution in [3.05, 3.63) is 59.2 Å². The number of carbonyl (C=O) groups is 1. The first kappa shape index (κ1) is 22.2. The van der Waals surface area contributed by atoms with Gasteiger partial charge in [0.05, 0.1) is 4.90 Å². The molecule has 1 heterocycles. The Hall–Kier alpha value is -2.09. The molecule has 0 fully saturated rings. The fourth-order valence-corrected chi connectivity index (χ4v) is 4.19. The normalized spacial score (nSPS) is 16.6. The number of carboxylic acid groups (broad SMARTS) is 1. The van der Waals surface area contributed by atoms with Gasteiger partial charge in [-0.15, -0.1) is 12.4 Å². The van der Waals surface area contributed by atoms with Crippen LogP contribution in [0.4, 0.5) is 5.69 Å². The van der Waals surface area contributed by atoms with Crippen molar-refractivity contribution in [3.8, 4) is 0 Å². The van der Waals surface area contributed by atoms with Crippen LogP contribution in [0.2, 0.25) is 0 Å². The zero-order valence-electron chi connectivity index (χ0n) is 16.0. The molecule has 6 nitrogen and oxygen atoms in total. The minimum absolute atomic E-state index is 0. The predicted molar refractivity (Wildman–Crippen MR) is 112 cm³/mol. The first-order chi connectivity index (χ1) is 12.6. The number of nitrogens with one attached hydrogen (secondary N) is 2. The van der Waals surface area contributed by atoms with E-state index in [0.29, 0.717) is 18.7 Å². The lowest BCUT2D eigenvalue weighted by atomic mass is 9.87. The fraction of sp³-hybridized carbons (Fsp3) is 0.350. The highest BCUT2D eigenvalue weighted by molar-refractivity contribution is 7.92. The van der Waals surface area contributed by atoms with E-state index in [4.69, 9.17) is 5.11 Å². The zero-order chi connectivity index (χ0) is 19.8. The Kier molecular flexibility index (Phi) is 6.43. The van der Waals surface area contributed by atoms with E-state index >= 15 is 0 Å². The summed E-state index contributed by atoms with van der Waals surface area (Å²) < 4.78 is 28.0. The molecular formula is C20H25ClN2O4S. The molecule has 0 aromatic heterocycles. The number of sulfonamides is 1. The third kappa shape index (κ3) is 4.84. The van der Waals surface area contributed by atoms with Crippen LogP contribution in [0.5, 0.6) is 0 Å². The van der Waals surface area contributed by atoms with Gasteiger partial charge in [0.2, 0.25) is 0 Å². The van der Waals surface area contributed by atoms with Crippen molar-refractivity contribution < 1.29 is 18.3 Å². The van der Waals surface area contributed by atoms with E-state index < -0.39 is 22.0 Å². The molecule has 0 spiro atoms. The monoisotopic (exact) mass is 424 g/mol. The Labute approximate surface area is 171 Å². The summed E-state index contributed by atoms with van der Waals surface area (Å²) in [6, 6.07) is 11.5. The second kappa shape index (κ2) is 8.11. The highest BCUT2D eigenvalue weighted by Crippen LogP contribution is 2.26. The number of anilines is 1. The molecule has 8 heteroatoms. The van der Waals surface area contributed by atoms with Crippen molar-refractivity contribution >= 4 is 34.1 Å². The van der Waals surface area contributed by atoms with Crippen LogP contribution in [0.3, 0.4) is 0 Å². The van der Waals surface area contributed by atoms with Crippen molar-refractivity contribution in [2.24, 2.45) is 0 Å². The van der Waals surface area contributed by atoms with Gasteiger partial charge in [0, 0.05) is 12.2 Å². The SMILES string of the molecule is CC(C)(C)c1ccc(NS(=O)(=O)c2ccc3c(c2)CN[C@H](C(=O)O)C3)cc1.Cl. The van der Waals surface area contributed by atoms with Crippen LogP contribution >= 0.6 is 12.4 Å². The lowest BCUT2D eigenvalue weighted by Gasteiger charge is -2.23. The fourth-order valence-electron chi connectivity index (χ4n) is 3.09. The van der Waals surface area contributed by atoms with E-state index in [2.05, 4.69) is 30.8 Å². The molecule has 0 saturated heterocycles. The van der Waals surface area contributed by atoms with E-state index in [1.54, 1.807) is 24.3 Å². The molecular weight excluding hydrogens is 400 g/mol. The summed E-state index contributed by atoms with van der Waals surface area (Å²) in [4.78, 5) is 11.3. The van der Waals surface area contributed by atoms with Gasteiger partial charge in [-0.25, -0.2) is 8.42 Å². The topological polar surface area (TPSA) is 95.5 Å². The standard InChI is InChI=1S/C20H24N2O4S.ClH/c1-20(2,3)15-5-7-16(8-6-15)22-27(25,26)17-9-4-13-11-18(19(23)24)21-12-14(13)10-17;/h4-10,18,21-22H,11-12H2,1-3H3,(H,23,24);1H/t18-;/m0./s1. The summed E-state index contributed by atoms with van der Waals surface area (Å²) in [5.74, 6) is -0.905. The van der Waals surface area contributed by atoms with Crippen molar-refractivity contribution in [2.75, 3.05) is 4.72 Å². The molecule has 3 N–H and O–H groups in total. The Morgan fingerprint density at radius 2 is 1.75 bits per heavy atom. The van der Waals surface area contributed by atoms with Crippen molar-refractivity contribution in [3.63, 3.8) is 0 Å². The second-order valence-corrected chi connectivity index (χ2v) is 9.52. The maximum atomic E-state index is 12.7. The molecule has 0 radical (unpaired) electrons. The maximum Gasteiger partial charge on any atom is 0.321 e. The predicted octanol–water partition coefficient (Wildman–Crippen LogP) is 3.31. The number of carboxylic acids is 1. The van der Waals surface area contributed by atoms with Crippen LogP contribution in [0.15, 0.2) is 47.4 Å². The highest BCUT2D eigenvalue weighted by atomic mass is 35.5. The Balaban J connectivity index is 0.00000280. The van der Waals surface area contributed by atoms with Gasteiger partial charge in [-0.3, -0.25) is 9.52 Å². The number of rotatable bonds is 4. The molecule has 0 bridgehead atoms. The molecule has 0 saturated carbocycles. The van der Waals surface area contributed by atoms with E-state index in [1.807, 2.05) is 12.1 Å². The van der Waals surface area contributed by atoms with Gasteiger partial charge in [-0.2, -0.15) is 0 Å². The molecule has 1 aliphatic heterocycles. The molecule has 0 aliphatic carbocycles. The van der Waals surface area contributed by atoms with E-state index in [-0.39, 0.29) is 22.7 Å².